The maximum atomic E-state index is 9.69. The average Bonchev–Trinajstić information content (AvgIpc) is 2.52. The quantitative estimate of drug-likeness (QED) is 0.567. The van der Waals surface area contributed by atoms with Crippen LogP contribution in [0.5, 0.6) is 0 Å². The Morgan fingerprint density at radius 2 is 1.04 bits per heavy atom. The third-order valence-electron chi connectivity index (χ3n) is 5.17. The fraction of sp³-hybridized carbons (Fsp3) is 0.500. The lowest BCUT2D eigenvalue weighted by molar-refractivity contribution is 0.0735. The van der Waals surface area contributed by atoms with Crippen molar-refractivity contribution < 1.29 is 14.3 Å². The van der Waals surface area contributed by atoms with E-state index in [-0.39, 0.29) is 16.7 Å². The summed E-state index contributed by atoms with van der Waals surface area (Å²) >= 11 is 0. The first-order valence-corrected chi connectivity index (χ1v) is 11.0. The Kier molecular flexibility index (Phi) is 6.78. The number of hydrogen-bond acceptors (Lipinski definition) is 3. The molecule has 0 aliphatic heterocycles. The molecule has 154 valence electrons. The molecule has 0 radical (unpaired) electrons. The van der Waals surface area contributed by atoms with Crippen LogP contribution in [0, 0.1) is 0 Å². The van der Waals surface area contributed by atoms with Crippen molar-refractivity contribution in [3.05, 3.63) is 70.8 Å². The zero-order valence-corrected chi connectivity index (χ0v) is 19.3. The Bertz CT molecular complexity index is 740. The van der Waals surface area contributed by atoms with Gasteiger partial charge in [-0.15, -0.1) is 0 Å². The monoisotopic (exact) mass is 402 g/mol. The molecule has 0 fully saturated rings. The lowest BCUT2D eigenvalue weighted by atomic mass is 9.69. The van der Waals surface area contributed by atoms with Crippen molar-refractivity contribution in [2.45, 2.75) is 77.7 Å². The summed E-state index contributed by atoms with van der Waals surface area (Å²) in [5, 5.41) is 0. The molecule has 0 aliphatic rings. The molecule has 0 spiro atoms. The van der Waals surface area contributed by atoms with Crippen LogP contribution in [-0.4, -0.2) is 15.4 Å². The first-order chi connectivity index (χ1) is 12.7. The van der Waals surface area contributed by atoms with Crippen molar-refractivity contribution in [2.75, 3.05) is 0 Å². The Morgan fingerprint density at radius 3 is 1.36 bits per heavy atom. The third-order valence-corrected chi connectivity index (χ3v) is 5.81. The van der Waals surface area contributed by atoms with Crippen LogP contribution < -0.4 is 0 Å². The summed E-state index contributed by atoms with van der Waals surface area (Å²) < 4.78 is 5.72. The molecule has 0 heterocycles. The second-order valence-electron chi connectivity index (χ2n) is 10.1. The molecule has 0 unspecified atom stereocenters. The highest BCUT2D eigenvalue weighted by molar-refractivity contribution is 7.39. The molecular weight excluding hydrogens is 367 g/mol. The lowest BCUT2D eigenvalue weighted by Gasteiger charge is -2.40. The summed E-state index contributed by atoms with van der Waals surface area (Å²) in [5.41, 5.74) is 3.89. The highest BCUT2D eigenvalue weighted by atomic mass is 31.2. The van der Waals surface area contributed by atoms with Crippen molar-refractivity contribution in [1.29, 1.82) is 0 Å². The van der Waals surface area contributed by atoms with Gasteiger partial charge in [0.05, 0.1) is 5.60 Å². The van der Waals surface area contributed by atoms with Crippen molar-refractivity contribution in [2.24, 2.45) is 0 Å². The fourth-order valence-corrected chi connectivity index (χ4v) is 4.57. The Hall–Kier alpha value is -1.25. The minimum absolute atomic E-state index is 0.0508. The maximum Gasteiger partial charge on any atom is 0.327 e. The van der Waals surface area contributed by atoms with Crippen LogP contribution >= 0.6 is 8.60 Å². The Labute approximate surface area is 171 Å². The molecule has 0 bridgehead atoms. The summed E-state index contributed by atoms with van der Waals surface area (Å²) in [4.78, 5) is 19.4. The van der Waals surface area contributed by atoms with Gasteiger partial charge in [0, 0.05) is 5.92 Å². The summed E-state index contributed by atoms with van der Waals surface area (Å²) in [6.45, 7) is 17.1. The number of benzene rings is 2. The van der Waals surface area contributed by atoms with Crippen molar-refractivity contribution in [1.82, 2.24) is 0 Å². The third kappa shape index (κ3) is 5.21. The van der Waals surface area contributed by atoms with E-state index in [1.807, 2.05) is 26.0 Å². The maximum absolute atomic E-state index is 9.69. The normalized spacial score (nSPS) is 13.4. The zero-order chi connectivity index (χ0) is 21.3. The molecule has 0 atom stereocenters. The first-order valence-electron chi connectivity index (χ1n) is 9.81. The first kappa shape index (κ1) is 23.0. The van der Waals surface area contributed by atoms with Gasteiger partial charge in [-0.25, -0.2) is 0 Å². The van der Waals surface area contributed by atoms with Crippen molar-refractivity contribution in [3.8, 4) is 0 Å². The molecule has 2 aromatic carbocycles. The fourth-order valence-electron chi connectivity index (χ4n) is 4.04. The van der Waals surface area contributed by atoms with Gasteiger partial charge in [0.1, 0.15) is 0 Å². The van der Waals surface area contributed by atoms with Crippen LogP contribution in [0.1, 0.15) is 83.6 Å². The van der Waals surface area contributed by atoms with Crippen LogP contribution in [0.25, 0.3) is 0 Å². The molecule has 0 saturated carbocycles. The summed E-state index contributed by atoms with van der Waals surface area (Å²) in [7, 11) is -2.48. The molecule has 0 amide bonds. The standard InChI is InChI=1S/C24H35O3P/c1-22(2,3)19-15-11-9-13-17(19)21(24(7,8)27-28(25)26)18-14-10-12-16-20(18)23(4,5)6/h9-16,21,25-26H,1-8H3. The van der Waals surface area contributed by atoms with Gasteiger partial charge in [-0.05, 0) is 46.9 Å². The van der Waals surface area contributed by atoms with E-state index in [1.54, 1.807) is 0 Å². The van der Waals surface area contributed by atoms with Gasteiger partial charge < -0.3 is 14.3 Å². The van der Waals surface area contributed by atoms with E-state index in [9.17, 15) is 9.79 Å². The molecule has 2 N–H and O–H groups in total. The summed E-state index contributed by atoms with van der Waals surface area (Å²) in [6, 6.07) is 16.9. The van der Waals surface area contributed by atoms with Crippen molar-refractivity contribution >= 4 is 8.60 Å². The molecule has 0 aromatic heterocycles. The van der Waals surface area contributed by atoms with E-state index in [4.69, 9.17) is 4.52 Å². The van der Waals surface area contributed by atoms with E-state index < -0.39 is 14.2 Å². The van der Waals surface area contributed by atoms with E-state index in [2.05, 4.69) is 77.9 Å². The van der Waals surface area contributed by atoms with Gasteiger partial charge in [0.2, 0.25) is 0 Å². The summed E-state index contributed by atoms with van der Waals surface area (Å²) in [6.07, 6.45) is 0. The summed E-state index contributed by atoms with van der Waals surface area (Å²) in [5.74, 6) is -0.150. The molecule has 0 saturated heterocycles. The molecule has 28 heavy (non-hydrogen) atoms. The largest absolute Gasteiger partial charge is 0.328 e. The predicted octanol–water partition coefficient (Wildman–Crippen LogP) is 6.42. The minimum atomic E-state index is -2.48. The predicted molar refractivity (Wildman–Crippen MR) is 119 cm³/mol. The number of hydrogen-bond donors (Lipinski definition) is 2. The van der Waals surface area contributed by atoms with Crippen LogP contribution in [0.2, 0.25) is 0 Å². The molecule has 3 nitrogen and oxygen atoms in total. The lowest BCUT2D eigenvalue weighted by Crippen LogP contribution is -2.35. The van der Waals surface area contributed by atoms with Gasteiger partial charge in [0.15, 0.2) is 0 Å². The highest BCUT2D eigenvalue weighted by Crippen LogP contribution is 2.48. The van der Waals surface area contributed by atoms with Crippen LogP contribution in [0.4, 0.5) is 0 Å². The van der Waals surface area contributed by atoms with Crippen LogP contribution in [0.3, 0.4) is 0 Å². The van der Waals surface area contributed by atoms with Crippen molar-refractivity contribution in [3.63, 3.8) is 0 Å². The van der Waals surface area contributed by atoms with Gasteiger partial charge >= 0.3 is 8.60 Å². The molecular formula is C24H35O3P. The topological polar surface area (TPSA) is 49.7 Å². The van der Waals surface area contributed by atoms with Crippen LogP contribution in [0.15, 0.2) is 48.5 Å². The molecule has 0 aliphatic carbocycles. The smallest absolute Gasteiger partial charge is 0.327 e. The number of rotatable bonds is 5. The molecule has 4 heteroatoms. The molecule has 2 rings (SSSR count). The van der Waals surface area contributed by atoms with E-state index in [0.717, 1.165) is 11.1 Å². The van der Waals surface area contributed by atoms with Crippen LogP contribution in [-0.2, 0) is 15.4 Å². The van der Waals surface area contributed by atoms with E-state index in [0.29, 0.717) is 0 Å². The Balaban J connectivity index is 2.83. The SMILES string of the molecule is CC(C)(C)c1ccccc1C(c1ccccc1C(C)(C)C)C(C)(C)OP(O)O. The Morgan fingerprint density at radius 1 is 0.679 bits per heavy atom. The van der Waals surface area contributed by atoms with Gasteiger partial charge in [-0.3, -0.25) is 0 Å². The van der Waals surface area contributed by atoms with E-state index in [1.165, 1.54) is 11.1 Å². The van der Waals surface area contributed by atoms with E-state index >= 15 is 0 Å². The second-order valence-corrected chi connectivity index (χ2v) is 10.7. The second kappa shape index (κ2) is 8.24. The van der Waals surface area contributed by atoms with Gasteiger partial charge in [-0.2, -0.15) is 0 Å². The minimum Gasteiger partial charge on any atom is -0.328 e. The highest BCUT2D eigenvalue weighted by Gasteiger charge is 2.40. The van der Waals surface area contributed by atoms with Gasteiger partial charge in [0.25, 0.3) is 0 Å². The average molecular weight is 403 g/mol. The van der Waals surface area contributed by atoms with Gasteiger partial charge in [-0.1, -0.05) is 90.1 Å². The molecule has 2 aromatic rings. The zero-order valence-electron chi connectivity index (χ0n) is 18.4.